The molecule has 1 rings (SSSR count). The lowest BCUT2D eigenvalue weighted by Crippen LogP contribution is -2.20. The first-order valence-electron chi connectivity index (χ1n) is 5.10. The van der Waals surface area contributed by atoms with Gasteiger partial charge in [0, 0.05) is 13.5 Å². The number of aromatic nitrogens is 2. The van der Waals surface area contributed by atoms with Gasteiger partial charge in [-0.1, -0.05) is 20.8 Å². The Bertz CT molecular complexity index is 421. The third kappa shape index (κ3) is 3.72. The summed E-state index contributed by atoms with van der Waals surface area (Å²) >= 11 is 3.21. The fraction of sp³-hybridized carbons (Fsp3) is 0.636. The highest BCUT2D eigenvalue weighted by atomic mass is 79.9. The molecule has 0 atom stereocenters. The zero-order valence-electron chi connectivity index (χ0n) is 10.1. The fourth-order valence-electron chi connectivity index (χ4n) is 1.38. The Hall–Kier alpha value is -0.680. The molecule has 1 heterocycles. The summed E-state index contributed by atoms with van der Waals surface area (Å²) in [6, 6.07) is 0. The maximum atomic E-state index is 11.6. The molecule has 1 N–H and O–H groups in total. The largest absolute Gasteiger partial charge is 0.378 e. The van der Waals surface area contributed by atoms with E-state index in [9.17, 15) is 4.79 Å². The Morgan fingerprint density at radius 2 is 2.06 bits per heavy atom. The third-order valence-electron chi connectivity index (χ3n) is 1.96. The molecule has 1 aromatic rings. The van der Waals surface area contributed by atoms with Crippen molar-refractivity contribution in [1.29, 1.82) is 0 Å². The van der Waals surface area contributed by atoms with E-state index in [1.165, 1.54) is 0 Å². The first-order valence-corrected chi connectivity index (χ1v) is 5.89. The van der Waals surface area contributed by atoms with Crippen LogP contribution in [0.2, 0.25) is 0 Å². The summed E-state index contributed by atoms with van der Waals surface area (Å²) in [6.45, 7) is 6.64. The lowest BCUT2D eigenvalue weighted by Gasteiger charge is -2.17. The van der Waals surface area contributed by atoms with E-state index in [1.807, 2.05) is 0 Å². The maximum absolute atomic E-state index is 11.6. The number of methoxy groups -OCH3 is 1. The zero-order chi connectivity index (χ0) is 12.3. The van der Waals surface area contributed by atoms with Crippen molar-refractivity contribution < 1.29 is 4.74 Å². The predicted octanol–water partition coefficient (Wildman–Crippen LogP) is 2.27. The standard InChI is InChI=1S/C11H17BrN2O2/c1-11(2,3)5-8-13-7(6-16-4)9(12)10(15)14-8/h5-6H2,1-4H3,(H,13,14,15). The monoisotopic (exact) mass is 288 g/mol. The van der Waals surface area contributed by atoms with E-state index in [4.69, 9.17) is 4.74 Å². The summed E-state index contributed by atoms with van der Waals surface area (Å²) in [4.78, 5) is 18.8. The molecule has 90 valence electrons. The molecule has 0 aliphatic heterocycles. The SMILES string of the molecule is COCc1nc(CC(C)(C)C)[nH]c(=O)c1Br. The number of nitrogens with zero attached hydrogens (tertiary/aromatic N) is 1. The quantitative estimate of drug-likeness (QED) is 0.928. The molecular formula is C11H17BrN2O2. The van der Waals surface area contributed by atoms with Crippen LogP contribution in [0.3, 0.4) is 0 Å². The van der Waals surface area contributed by atoms with Crippen molar-refractivity contribution in [2.24, 2.45) is 5.41 Å². The molecule has 0 radical (unpaired) electrons. The summed E-state index contributed by atoms with van der Waals surface area (Å²) in [5, 5.41) is 0. The topological polar surface area (TPSA) is 55.0 Å². The van der Waals surface area contributed by atoms with Gasteiger partial charge in [-0.05, 0) is 21.3 Å². The minimum atomic E-state index is -0.152. The normalized spacial score (nSPS) is 11.8. The number of H-pyrrole nitrogens is 1. The number of nitrogens with one attached hydrogen (secondary N) is 1. The minimum Gasteiger partial charge on any atom is -0.378 e. The van der Waals surface area contributed by atoms with Crippen LogP contribution in [0.5, 0.6) is 0 Å². The van der Waals surface area contributed by atoms with Crippen LogP contribution in [0.4, 0.5) is 0 Å². The second kappa shape index (κ2) is 5.10. The molecule has 0 saturated carbocycles. The zero-order valence-corrected chi connectivity index (χ0v) is 11.6. The van der Waals surface area contributed by atoms with Crippen molar-refractivity contribution in [2.45, 2.75) is 33.8 Å². The van der Waals surface area contributed by atoms with Crippen molar-refractivity contribution in [3.63, 3.8) is 0 Å². The van der Waals surface area contributed by atoms with E-state index in [0.717, 1.165) is 6.42 Å². The lowest BCUT2D eigenvalue weighted by atomic mass is 9.92. The molecule has 1 aromatic heterocycles. The van der Waals surface area contributed by atoms with Gasteiger partial charge in [0.25, 0.3) is 5.56 Å². The molecule has 0 bridgehead atoms. The van der Waals surface area contributed by atoms with Gasteiger partial charge < -0.3 is 9.72 Å². The molecule has 0 aromatic carbocycles. The Morgan fingerprint density at radius 3 is 2.56 bits per heavy atom. The van der Waals surface area contributed by atoms with Crippen molar-refractivity contribution >= 4 is 15.9 Å². The summed E-state index contributed by atoms with van der Waals surface area (Å²) in [5.41, 5.74) is 0.584. The van der Waals surface area contributed by atoms with E-state index >= 15 is 0 Å². The highest BCUT2D eigenvalue weighted by molar-refractivity contribution is 9.10. The molecule has 0 fully saturated rings. The van der Waals surface area contributed by atoms with Gasteiger partial charge in [0.1, 0.15) is 10.3 Å². The van der Waals surface area contributed by atoms with Gasteiger partial charge in [0.05, 0.1) is 12.3 Å². The molecule has 0 amide bonds. The van der Waals surface area contributed by atoms with Crippen LogP contribution in [0.1, 0.15) is 32.3 Å². The van der Waals surface area contributed by atoms with Gasteiger partial charge in [-0.15, -0.1) is 0 Å². The van der Waals surface area contributed by atoms with Gasteiger partial charge in [0.2, 0.25) is 0 Å². The summed E-state index contributed by atoms with van der Waals surface area (Å²) in [7, 11) is 1.58. The average Bonchev–Trinajstić information content (AvgIpc) is 2.11. The van der Waals surface area contributed by atoms with Crippen LogP contribution in [-0.4, -0.2) is 17.1 Å². The molecule has 0 aliphatic rings. The Labute approximate surface area is 104 Å². The van der Waals surface area contributed by atoms with E-state index in [1.54, 1.807) is 7.11 Å². The van der Waals surface area contributed by atoms with Gasteiger partial charge >= 0.3 is 0 Å². The maximum Gasteiger partial charge on any atom is 0.265 e. The molecule has 0 aliphatic carbocycles. The van der Waals surface area contributed by atoms with E-state index in [-0.39, 0.29) is 11.0 Å². The molecule has 16 heavy (non-hydrogen) atoms. The first kappa shape index (κ1) is 13.4. The van der Waals surface area contributed by atoms with E-state index in [0.29, 0.717) is 22.6 Å². The molecule has 0 unspecified atom stereocenters. The predicted molar refractivity (Wildman–Crippen MR) is 66.4 cm³/mol. The van der Waals surface area contributed by atoms with Crippen LogP contribution >= 0.6 is 15.9 Å². The molecule has 4 nitrogen and oxygen atoms in total. The highest BCUT2D eigenvalue weighted by Crippen LogP contribution is 2.19. The van der Waals surface area contributed by atoms with E-state index in [2.05, 4.69) is 46.7 Å². The molecule has 0 saturated heterocycles. The van der Waals surface area contributed by atoms with Crippen LogP contribution in [-0.2, 0) is 17.8 Å². The van der Waals surface area contributed by atoms with Crippen LogP contribution in [0.15, 0.2) is 9.27 Å². The second-order valence-electron chi connectivity index (χ2n) is 4.94. The van der Waals surface area contributed by atoms with E-state index < -0.39 is 0 Å². The van der Waals surface area contributed by atoms with Crippen molar-refractivity contribution in [1.82, 2.24) is 9.97 Å². The number of aromatic amines is 1. The first-order chi connectivity index (χ1) is 7.33. The van der Waals surface area contributed by atoms with Crippen molar-refractivity contribution in [3.8, 4) is 0 Å². The van der Waals surface area contributed by atoms with Gasteiger partial charge in [-0.25, -0.2) is 4.98 Å². The van der Waals surface area contributed by atoms with Crippen LogP contribution in [0.25, 0.3) is 0 Å². The fourth-order valence-corrected chi connectivity index (χ4v) is 1.68. The Morgan fingerprint density at radius 1 is 1.44 bits per heavy atom. The minimum absolute atomic E-state index is 0.0914. The number of ether oxygens (including phenoxy) is 1. The molecule has 0 spiro atoms. The van der Waals surface area contributed by atoms with Crippen LogP contribution < -0.4 is 5.56 Å². The molecular weight excluding hydrogens is 272 g/mol. The van der Waals surface area contributed by atoms with Gasteiger partial charge in [-0.2, -0.15) is 0 Å². The molecule has 5 heteroatoms. The third-order valence-corrected chi connectivity index (χ3v) is 2.78. The Kier molecular flexibility index (Phi) is 4.27. The Balaban J connectivity index is 3.09. The summed E-state index contributed by atoms with van der Waals surface area (Å²) in [5.74, 6) is 0.702. The van der Waals surface area contributed by atoms with Crippen LogP contribution in [0, 0.1) is 5.41 Å². The average molecular weight is 289 g/mol. The van der Waals surface area contributed by atoms with Gasteiger partial charge in [0.15, 0.2) is 0 Å². The number of hydrogen-bond acceptors (Lipinski definition) is 3. The lowest BCUT2D eigenvalue weighted by molar-refractivity contribution is 0.180. The summed E-state index contributed by atoms with van der Waals surface area (Å²) < 4.78 is 5.45. The summed E-state index contributed by atoms with van der Waals surface area (Å²) in [6.07, 6.45) is 0.728. The number of hydrogen-bond donors (Lipinski definition) is 1. The number of halogens is 1. The smallest absolute Gasteiger partial charge is 0.265 e. The van der Waals surface area contributed by atoms with Crippen molar-refractivity contribution in [3.05, 3.63) is 26.3 Å². The highest BCUT2D eigenvalue weighted by Gasteiger charge is 2.15. The number of rotatable bonds is 3. The van der Waals surface area contributed by atoms with Crippen molar-refractivity contribution in [2.75, 3.05) is 7.11 Å². The van der Waals surface area contributed by atoms with Gasteiger partial charge in [-0.3, -0.25) is 4.79 Å². The second-order valence-corrected chi connectivity index (χ2v) is 5.74.